The second-order valence-corrected chi connectivity index (χ2v) is 9.79. The van der Waals surface area contributed by atoms with E-state index in [1.165, 1.54) is 4.90 Å². The fraction of sp³-hybridized carbons (Fsp3) is 0.370. The molecule has 2 aromatic rings. The van der Waals surface area contributed by atoms with Gasteiger partial charge in [0, 0.05) is 11.3 Å². The second kappa shape index (κ2) is 6.89. The van der Waals surface area contributed by atoms with Gasteiger partial charge >= 0.3 is 0 Å². The van der Waals surface area contributed by atoms with Crippen molar-refractivity contribution in [3.05, 3.63) is 77.4 Å². The highest BCUT2D eigenvalue weighted by Gasteiger charge is 2.67. The van der Waals surface area contributed by atoms with Crippen LogP contribution in [0.3, 0.4) is 0 Å². The van der Waals surface area contributed by atoms with Crippen LogP contribution in [0.4, 0.5) is 5.69 Å². The van der Waals surface area contributed by atoms with Gasteiger partial charge in [0.05, 0.1) is 11.8 Å². The second-order valence-electron chi connectivity index (χ2n) is 9.79. The van der Waals surface area contributed by atoms with Crippen molar-refractivity contribution in [3.8, 4) is 0 Å². The first-order valence-electron chi connectivity index (χ1n) is 11.4. The summed E-state index contributed by atoms with van der Waals surface area (Å²) in [6.07, 6.45) is 5.48. The Kier molecular flexibility index (Phi) is 4.19. The Bertz CT molecular complexity index is 1130. The van der Waals surface area contributed by atoms with Gasteiger partial charge in [-0.3, -0.25) is 24.2 Å². The lowest BCUT2D eigenvalue weighted by Gasteiger charge is -2.37. The zero-order valence-corrected chi connectivity index (χ0v) is 18.3. The Balaban J connectivity index is 1.36. The molecule has 4 aliphatic carbocycles. The number of amides is 3. The lowest BCUT2D eigenvalue weighted by Crippen LogP contribution is -2.45. The smallest absolute Gasteiger partial charge is 0.259 e. The molecule has 0 unspecified atom stereocenters. The standard InChI is InChI=1S/C27H26N2O3/c1-15-8-11-22(16(2)12-15)28(25(30)17-6-4-3-5-7-17)14-29-26(31)23-18-9-10-19(21-13-20(18)21)24(23)27(29)32/h3-12,18-21,23-24H,13-14H2,1-2H3/t18-,19-,20-,21+,23+,24+/m1/s1. The van der Waals surface area contributed by atoms with E-state index in [-0.39, 0.29) is 48.1 Å². The van der Waals surface area contributed by atoms with Crippen molar-refractivity contribution in [1.82, 2.24) is 4.90 Å². The van der Waals surface area contributed by atoms with Gasteiger partial charge in [-0.1, -0.05) is 48.0 Å². The van der Waals surface area contributed by atoms with Crippen molar-refractivity contribution in [2.24, 2.45) is 35.5 Å². The van der Waals surface area contributed by atoms with Crippen LogP contribution in [-0.2, 0) is 9.59 Å². The number of hydrogen-bond acceptors (Lipinski definition) is 3. The number of carbonyl (C=O) groups excluding carboxylic acids is 3. The minimum Gasteiger partial charge on any atom is -0.289 e. The number of anilines is 1. The Hall–Kier alpha value is -3.21. The van der Waals surface area contributed by atoms with Gasteiger partial charge in [0.15, 0.2) is 0 Å². The van der Waals surface area contributed by atoms with Crippen LogP contribution in [0, 0.1) is 49.4 Å². The van der Waals surface area contributed by atoms with E-state index < -0.39 is 0 Å². The molecule has 2 aromatic carbocycles. The summed E-state index contributed by atoms with van der Waals surface area (Å²) < 4.78 is 0. The molecule has 5 aliphatic rings. The summed E-state index contributed by atoms with van der Waals surface area (Å²) in [7, 11) is 0. The average molecular weight is 427 g/mol. The molecular weight excluding hydrogens is 400 g/mol. The van der Waals surface area contributed by atoms with Gasteiger partial charge in [0.2, 0.25) is 11.8 Å². The predicted octanol–water partition coefficient (Wildman–Crippen LogP) is 3.96. The Labute approximate surface area is 187 Å². The summed E-state index contributed by atoms with van der Waals surface area (Å²) in [5.41, 5.74) is 3.30. The van der Waals surface area contributed by atoms with Crippen LogP contribution in [-0.4, -0.2) is 29.3 Å². The number of carbonyl (C=O) groups is 3. The van der Waals surface area contributed by atoms with Crippen LogP contribution in [0.2, 0.25) is 0 Å². The third kappa shape index (κ3) is 2.73. The number of benzene rings is 2. The summed E-state index contributed by atoms with van der Waals surface area (Å²) in [6.45, 7) is 3.92. The Morgan fingerprint density at radius 1 is 0.938 bits per heavy atom. The number of allylic oxidation sites excluding steroid dienone is 2. The van der Waals surface area contributed by atoms with Gasteiger partial charge in [0.1, 0.15) is 6.67 Å². The number of imide groups is 1. The van der Waals surface area contributed by atoms with Crippen molar-refractivity contribution in [2.45, 2.75) is 20.3 Å². The molecule has 0 aromatic heterocycles. The van der Waals surface area contributed by atoms with Gasteiger partial charge in [-0.05, 0) is 67.7 Å². The molecule has 6 atom stereocenters. The van der Waals surface area contributed by atoms with Crippen LogP contribution >= 0.6 is 0 Å². The van der Waals surface area contributed by atoms with E-state index in [0.29, 0.717) is 17.4 Å². The van der Waals surface area contributed by atoms with E-state index in [9.17, 15) is 14.4 Å². The maximum atomic E-state index is 13.6. The van der Waals surface area contributed by atoms with E-state index >= 15 is 0 Å². The van der Waals surface area contributed by atoms with Crippen molar-refractivity contribution >= 4 is 23.4 Å². The van der Waals surface area contributed by atoms with Crippen LogP contribution < -0.4 is 4.90 Å². The molecule has 1 aliphatic heterocycles. The molecule has 3 amide bonds. The highest BCUT2D eigenvalue weighted by molar-refractivity contribution is 6.10. The molecule has 0 N–H and O–H groups in total. The Morgan fingerprint density at radius 3 is 2.16 bits per heavy atom. The van der Waals surface area contributed by atoms with Crippen molar-refractivity contribution in [1.29, 1.82) is 0 Å². The molecule has 162 valence electrons. The number of likely N-dealkylation sites (tertiary alicyclic amines) is 1. The zero-order chi connectivity index (χ0) is 22.1. The van der Waals surface area contributed by atoms with Crippen LogP contribution in [0.1, 0.15) is 27.9 Å². The summed E-state index contributed by atoms with van der Waals surface area (Å²) in [6, 6.07) is 14.9. The third-order valence-electron chi connectivity index (χ3n) is 7.95. The zero-order valence-electron chi connectivity index (χ0n) is 18.3. The first-order chi connectivity index (χ1) is 15.5. The molecule has 7 rings (SSSR count). The number of aryl methyl sites for hydroxylation is 2. The normalized spacial score (nSPS) is 31.5. The fourth-order valence-corrected chi connectivity index (χ4v) is 6.39. The van der Waals surface area contributed by atoms with E-state index in [1.807, 2.05) is 50.2 Å². The molecule has 32 heavy (non-hydrogen) atoms. The molecule has 3 fully saturated rings. The first kappa shape index (κ1) is 19.5. The van der Waals surface area contributed by atoms with Crippen molar-refractivity contribution < 1.29 is 14.4 Å². The largest absolute Gasteiger partial charge is 0.289 e. The molecule has 0 radical (unpaired) electrons. The maximum Gasteiger partial charge on any atom is 0.259 e. The van der Waals surface area contributed by atoms with E-state index in [2.05, 4.69) is 12.2 Å². The highest BCUT2D eigenvalue weighted by Crippen LogP contribution is 2.65. The fourth-order valence-electron chi connectivity index (χ4n) is 6.39. The minimum absolute atomic E-state index is 0.0446. The highest BCUT2D eigenvalue weighted by atomic mass is 16.2. The van der Waals surface area contributed by atoms with Gasteiger partial charge in [-0.15, -0.1) is 0 Å². The van der Waals surface area contributed by atoms with Gasteiger partial charge in [-0.25, -0.2) is 0 Å². The van der Waals surface area contributed by atoms with Gasteiger partial charge < -0.3 is 0 Å². The molecule has 1 heterocycles. The monoisotopic (exact) mass is 426 g/mol. The number of nitrogens with zero attached hydrogens (tertiary/aromatic N) is 2. The summed E-state index contributed by atoms with van der Waals surface area (Å²) in [5, 5.41) is 0. The number of hydrogen-bond donors (Lipinski definition) is 0. The van der Waals surface area contributed by atoms with Gasteiger partial charge in [0.25, 0.3) is 5.91 Å². The van der Waals surface area contributed by atoms with Gasteiger partial charge in [-0.2, -0.15) is 0 Å². The molecule has 5 heteroatoms. The van der Waals surface area contributed by atoms with E-state index in [1.54, 1.807) is 17.0 Å². The quantitative estimate of drug-likeness (QED) is 0.549. The van der Waals surface area contributed by atoms with Crippen LogP contribution in [0.15, 0.2) is 60.7 Å². The molecule has 2 saturated carbocycles. The summed E-state index contributed by atoms with van der Waals surface area (Å²) in [5.74, 6) is 0.529. The predicted molar refractivity (Wildman–Crippen MR) is 121 cm³/mol. The van der Waals surface area contributed by atoms with Crippen molar-refractivity contribution in [3.63, 3.8) is 0 Å². The summed E-state index contributed by atoms with van der Waals surface area (Å²) in [4.78, 5) is 43.5. The average Bonchev–Trinajstić information content (AvgIpc) is 3.58. The molecule has 1 saturated heterocycles. The third-order valence-corrected chi connectivity index (χ3v) is 7.95. The molecule has 2 bridgehead atoms. The molecule has 0 spiro atoms. The van der Waals surface area contributed by atoms with E-state index in [0.717, 1.165) is 23.2 Å². The lowest BCUT2D eigenvalue weighted by atomic mass is 9.63. The topological polar surface area (TPSA) is 57.7 Å². The summed E-state index contributed by atoms with van der Waals surface area (Å²) >= 11 is 0. The first-order valence-corrected chi connectivity index (χ1v) is 11.4. The molecule has 5 nitrogen and oxygen atoms in total. The maximum absolute atomic E-state index is 13.6. The number of rotatable bonds is 4. The van der Waals surface area contributed by atoms with Crippen LogP contribution in [0.25, 0.3) is 0 Å². The van der Waals surface area contributed by atoms with Crippen LogP contribution in [0.5, 0.6) is 0 Å². The minimum atomic E-state index is -0.256. The SMILES string of the molecule is Cc1ccc(N(CN2C(=O)[C@H]3[C@@H]4C=C[C@H]([C@@H]5C[C@H]45)[C@@H]3C2=O)C(=O)c2ccccc2)c(C)c1. The van der Waals surface area contributed by atoms with E-state index in [4.69, 9.17) is 0 Å². The lowest BCUT2D eigenvalue weighted by molar-refractivity contribution is -0.140. The van der Waals surface area contributed by atoms with Crippen molar-refractivity contribution in [2.75, 3.05) is 11.6 Å². The Morgan fingerprint density at radius 2 is 1.56 bits per heavy atom. The molecular formula is C27H26N2O3.